The summed E-state index contributed by atoms with van der Waals surface area (Å²) >= 11 is 0. The van der Waals surface area contributed by atoms with Gasteiger partial charge in [-0.3, -0.25) is 0 Å². The van der Waals surface area contributed by atoms with Gasteiger partial charge in [-0.25, -0.2) is 24.9 Å². The molecular formula is C18H10N12. The third kappa shape index (κ3) is 2.49. The first-order chi connectivity index (χ1) is 14.6. The topological polar surface area (TPSA) is 219 Å². The summed E-state index contributed by atoms with van der Waals surface area (Å²) in [4.78, 5) is 21.7. The van der Waals surface area contributed by atoms with Crippen molar-refractivity contribution in [3.8, 4) is 12.1 Å². The summed E-state index contributed by atoms with van der Waals surface area (Å²) in [7, 11) is 0. The highest BCUT2D eigenvalue weighted by Crippen LogP contribution is 2.41. The molecule has 0 bridgehead atoms. The minimum Gasteiger partial charge on any atom is -0.368 e. The maximum absolute atomic E-state index is 9.39. The van der Waals surface area contributed by atoms with Gasteiger partial charge in [0.1, 0.15) is 57.3 Å². The van der Waals surface area contributed by atoms with Gasteiger partial charge in [-0.1, -0.05) is 0 Å². The van der Waals surface area contributed by atoms with E-state index in [1.54, 1.807) is 0 Å². The second-order valence-electron chi connectivity index (χ2n) is 6.01. The lowest BCUT2D eigenvalue weighted by molar-refractivity contribution is 1.16. The lowest BCUT2D eigenvalue weighted by atomic mass is 10.1. The molecule has 0 aliphatic carbocycles. The Hall–Kier alpha value is -4.97. The van der Waals surface area contributed by atoms with Crippen molar-refractivity contribution < 1.29 is 0 Å². The fourth-order valence-electron chi connectivity index (χ4n) is 3.09. The van der Waals surface area contributed by atoms with E-state index in [4.69, 9.17) is 21.6 Å². The number of hydrogen-bond donors (Lipinski definition) is 5. The van der Waals surface area contributed by atoms with Crippen LogP contribution in [0.5, 0.6) is 0 Å². The predicted octanol–water partition coefficient (Wildman–Crippen LogP) is 1.48. The van der Waals surface area contributed by atoms with Gasteiger partial charge in [0.05, 0.1) is 11.4 Å². The van der Waals surface area contributed by atoms with Crippen molar-refractivity contribution in [2.24, 2.45) is 4.99 Å². The lowest BCUT2D eigenvalue weighted by Gasteiger charge is -2.24. The number of nitriles is 2. The molecule has 1 atom stereocenters. The van der Waals surface area contributed by atoms with E-state index < -0.39 is 6.04 Å². The zero-order valence-electron chi connectivity index (χ0n) is 15.0. The Balaban J connectivity index is 2.29. The SMILES string of the molecule is N#Cc1nc2c(nc1C=N)c1c(c3nc(C#N)c(C=N)nc32)NC(C=N)C(C=N)=N1. The Labute approximate surface area is 168 Å². The van der Waals surface area contributed by atoms with Crippen molar-refractivity contribution in [2.45, 2.75) is 6.04 Å². The van der Waals surface area contributed by atoms with E-state index in [0.29, 0.717) is 5.69 Å². The quantitative estimate of drug-likeness (QED) is 0.323. The van der Waals surface area contributed by atoms with Crippen LogP contribution in [0, 0.1) is 44.3 Å². The van der Waals surface area contributed by atoms with Crippen molar-refractivity contribution >= 4 is 64.0 Å². The van der Waals surface area contributed by atoms with Crippen LogP contribution in [0.15, 0.2) is 4.99 Å². The normalized spacial score (nSPS) is 14.6. The highest BCUT2D eigenvalue weighted by Gasteiger charge is 2.28. The Kier molecular flexibility index (Phi) is 4.22. The van der Waals surface area contributed by atoms with Crippen LogP contribution >= 0.6 is 0 Å². The van der Waals surface area contributed by atoms with E-state index >= 15 is 0 Å². The number of nitrogens with zero attached hydrogens (tertiary/aromatic N) is 7. The molecule has 3 aromatic rings. The molecule has 0 saturated heterocycles. The minimum atomic E-state index is -0.709. The molecule has 12 heteroatoms. The van der Waals surface area contributed by atoms with Crippen molar-refractivity contribution in [1.29, 1.82) is 32.2 Å². The van der Waals surface area contributed by atoms with E-state index in [-0.39, 0.29) is 56.2 Å². The van der Waals surface area contributed by atoms with Crippen LogP contribution in [0.3, 0.4) is 0 Å². The molecule has 30 heavy (non-hydrogen) atoms. The van der Waals surface area contributed by atoms with Gasteiger partial charge in [-0.2, -0.15) is 10.5 Å². The second kappa shape index (κ2) is 6.88. The Bertz CT molecular complexity index is 1420. The highest BCUT2D eigenvalue weighted by atomic mass is 15.1. The molecule has 12 nitrogen and oxygen atoms in total. The van der Waals surface area contributed by atoms with E-state index in [2.05, 4.69) is 30.2 Å². The smallest absolute Gasteiger partial charge is 0.168 e. The summed E-state index contributed by atoms with van der Waals surface area (Å²) in [5.74, 6) is 0. The number of aromatic nitrogens is 4. The first kappa shape index (κ1) is 18.4. The van der Waals surface area contributed by atoms with Crippen molar-refractivity contribution in [3.05, 3.63) is 22.8 Å². The molecule has 0 amide bonds. The molecule has 0 saturated carbocycles. The maximum Gasteiger partial charge on any atom is 0.168 e. The number of benzene rings is 1. The van der Waals surface area contributed by atoms with Crippen LogP contribution in [-0.4, -0.2) is 56.5 Å². The first-order valence-corrected chi connectivity index (χ1v) is 8.36. The minimum absolute atomic E-state index is 0.0192. The number of fused-ring (bicyclic) bond motifs is 6. The standard InChI is InChI=1S/C18H10N12/c19-1-7-8(2-20)26-14-13(25-7)15-17(29-10(4-22)9(3-21)27-15)18-16(14)28-11(5-23)12(6-24)30-18/h1-3,6,8,19-21,24,26H. The highest BCUT2D eigenvalue weighted by molar-refractivity contribution is 6.39. The van der Waals surface area contributed by atoms with E-state index in [0.717, 1.165) is 24.9 Å². The van der Waals surface area contributed by atoms with E-state index in [9.17, 15) is 10.5 Å². The molecule has 1 unspecified atom stereocenters. The number of nitrogens with one attached hydrogen (secondary N) is 5. The van der Waals surface area contributed by atoms with Gasteiger partial charge in [0, 0.05) is 24.9 Å². The summed E-state index contributed by atoms with van der Waals surface area (Å²) in [6.07, 6.45) is 3.86. The number of rotatable bonds is 4. The second-order valence-corrected chi connectivity index (χ2v) is 6.01. The summed E-state index contributed by atoms with van der Waals surface area (Å²) in [5.41, 5.74) is 1.44. The summed E-state index contributed by atoms with van der Waals surface area (Å²) < 4.78 is 0. The summed E-state index contributed by atoms with van der Waals surface area (Å²) in [6.45, 7) is 0. The Morgan fingerprint density at radius 1 is 0.767 bits per heavy atom. The van der Waals surface area contributed by atoms with E-state index in [1.165, 1.54) is 0 Å². The van der Waals surface area contributed by atoms with Crippen LogP contribution in [-0.2, 0) is 0 Å². The molecule has 5 N–H and O–H groups in total. The first-order valence-electron chi connectivity index (χ1n) is 8.36. The molecule has 0 spiro atoms. The van der Waals surface area contributed by atoms with Crippen LogP contribution in [0.2, 0.25) is 0 Å². The van der Waals surface area contributed by atoms with Gasteiger partial charge in [-0.05, 0) is 0 Å². The van der Waals surface area contributed by atoms with Crippen LogP contribution < -0.4 is 5.32 Å². The monoisotopic (exact) mass is 394 g/mol. The zero-order chi connectivity index (χ0) is 21.4. The van der Waals surface area contributed by atoms with E-state index in [1.807, 2.05) is 12.1 Å². The van der Waals surface area contributed by atoms with Crippen molar-refractivity contribution in [1.82, 2.24) is 19.9 Å². The largest absolute Gasteiger partial charge is 0.368 e. The number of aliphatic imine (C=N–C) groups is 1. The average Bonchev–Trinajstić information content (AvgIpc) is 2.81. The molecule has 0 radical (unpaired) electrons. The van der Waals surface area contributed by atoms with Crippen molar-refractivity contribution in [3.63, 3.8) is 0 Å². The fraction of sp³-hybridized carbons (Fsp3) is 0.0556. The van der Waals surface area contributed by atoms with Gasteiger partial charge in [0.15, 0.2) is 11.4 Å². The van der Waals surface area contributed by atoms with Gasteiger partial charge in [-0.15, -0.1) is 0 Å². The van der Waals surface area contributed by atoms with Gasteiger partial charge in [0.2, 0.25) is 0 Å². The summed E-state index contributed by atoms with van der Waals surface area (Å²) in [5, 5.41) is 52.1. The summed E-state index contributed by atoms with van der Waals surface area (Å²) in [6, 6.07) is 3.07. The molecular weight excluding hydrogens is 384 g/mol. The van der Waals surface area contributed by atoms with Gasteiger partial charge >= 0.3 is 0 Å². The average molecular weight is 394 g/mol. The molecule has 2 aromatic heterocycles. The maximum atomic E-state index is 9.39. The zero-order valence-corrected chi connectivity index (χ0v) is 15.0. The lowest BCUT2D eigenvalue weighted by Crippen LogP contribution is -2.34. The third-order valence-corrected chi connectivity index (χ3v) is 4.43. The van der Waals surface area contributed by atoms with Crippen molar-refractivity contribution in [2.75, 3.05) is 5.32 Å². The van der Waals surface area contributed by atoms with Crippen LogP contribution in [0.4, 0.5) is 11.4 Å². The van der Waals surface area contributed by atoms with Crippen LogP contribution in [0.25, 0.3) is 22.1 Å². The molecule has 142 valence electrons. The molecule has 4 rings (SSSR count). The van der Waals surface area contributed by atoms with Gasteiger partial charge in [0.25, 0.3) is 0 Å². The molecule has 1 aliphatic rings. The predicted molar refractivity (Wildman–Crippen MR) is 110 cm³/mol. The van der Waals surface area contributed by atoms with Gasteiger partial charge < -0.3 is 27.0 Å². The molecule has 1 aromatic carbocycles. The molecule has 1 aliphatic heterocycles. The number of anilines is 1. The number of hydrogen-bond acceptors (Lipinski definition) is 12. The van der Waals surface area contributed by atoms with Crippen LogP contribution in [0.1, 0.15) is 22.8 Å². The molecule has 0 fully saturated rings. The third-order valence-electron chi connectivity index (χ3n) is 4.43. The Morgan fingerprint density at radius 2 is 1.33 bits per heavy atom. The Morgan fingerprint density at radius 3 is 1.87 bits per heavy atom. The fourth-order valence-corrected chi connectivity index (χ4v) is 3.09. The molecule has 3 heterocycles.